The molecule has 2 rings (SSSR count). The van der Waals surface area contributed by atoms with Crippen LogP contribution in [0.5, 0.6) is 0 Å². The van der Waals surface area contributed by atoms with Crippen LogP contribution in [0.15, 0.2) is 54.4 Å². The summed E-state index contributed by atoms with van der Waals surface area (Å²) < 4.78 is 0. The Morgan fingerprint density at radius 1 is 1.29 bits per heavy atom. The summed E-state index contributed by atoms with van der Waals surface area (Å²) in [5.41, 5.74) is 1.09. The molecule has 0 atom stereocenters. The second-order valence-electron chi connectivity index (χ2n) is 4.79. The van der Waals surface area contributed by atoms with Crippen LogP contribution in [0.25, 0.3) is 0 Å². The minimum Gasteiger partial charge on any atom is -0.345 e. The van der Waals surface area contributed by atoms with Gasteiger partial charge in [-0.15, -0.1) is 0 Å². The Kier molecular flexibility index (Phi) is 5.20. The second kappa shape index (κ2) is 7.51. The summed E-state index contributed by atoms with van der Waals surface area (Å²) in [4.78, 5) is 26.2. The summed E-state index contributed by atoms with van der Waals surface area (Å²) in [5, 5.41) is 24.9. The lowest BCUT2D eigenvalue weighted by Gasteiger charge is -2.05. The van der Waals surface area contributed by atoms with Crippen LogP contribution in [0.2, 0.25) is 0 Å². The van der Waals surface area contributed by atoms with Crippen LogP contribution >= 0.6 is 0 Å². The van der Waals surface area contributed by atoms with Gasteiger partial charge in [0, 0.05) is 30.2 Å². The van der Waals surface area contributed by atoms with Gasteiger partial charge in [0.1, 0.15) is 17.5 Å². The van der Waals surface area contributed by atoms with Crippen molar-refractivity contribution in [2.24, 2.45) is 0 Å². The highest BCUT2D eigenvalue weighted by Crippen LogP contribution is 2.16. The molecule has 0 aliphatic rings. The second-order valence-corrected chi connectivity index (χ2v) is 4.79. The summed E-state index contributed by atoms with van der Waals surface area (Å²) in [7, 11) is 0. The molecule has 0 saturated heterocycles. The Hall–Kier alpha value is -3.73. The minimum absolute atomic E-state index is 0.0869. The standard InChI is InChI=1S/C16H13N5O3/c1-11-2-7-15(18-9-11)19-10-12(8-17)16(22)20-13-3-5-14(6-4-13)21(23)24/h2-7,9-10H,1H3,(H,18,19)(H,20,22)/b12-10-. The molecule has 8 nitrogen and oxygen atoms in total. The maximum atomic E-state index is 12.0. The molecular formula is C16H13N5O3. The average Bonchev–Trinajstić information content (AvgIpc) is 2.57. The number of aromatic nitrogens is 1. The molecule has 1 aromatic heterocycles. The predicted octanol–water partition coefficient (Wildman–Crippen LogP) is 2.76. The van der Waals surface area contributed by atoms with E-state index in [2.05, 4.69) is 15.6 Å². The van der Waals surface area contributed by atoms with Crippen LogP contribution in [-0.4, -0.2) is 15.8 Å². The minimum atomic E-state index is -0.633. The number of aryl methyl sites for hydroxylation is 1. The first-order valence-corrected chi connectivity index (χ1v) is 6.85. The molecule has 0 fully saturated rings. The first kappa shape index (κ1) is 16.6. The normalized spacial score (nSPS) is 10.6. The van der Waals surface area contributed by atoms with Crippen molar-refractivity contribution < 1.29 is 9.72 Å². The predicted molar refractivity (Wildman–Crippen MR) is 88.0 cm³/mol. The summed E-state index contributed by atoms with van der Waals surface area (Å²) in [6.45, 7) is 1.89. The van der Waals surface area contributed by atoms with Gasteiger partial charge in [-0.1, -0.05) is 6.07 Å². The molecule has 1 amide bonds. The lowest BCUT2D eigenvalue weighted by Crippen LogP contribution is -2.14. The van der Waals surface area contributed by atoms with Crippen LogP contribution in [0, 0.1) is 28.4 Å². The topological polar surface area (TPSA) is 121 Å². The van der Waals surface area contributed by atoms with E-state index in [-0.39, 0.29) is 11.3 Å². The SMILES string of the molecule is Cc1ccc(N/C=C(/C#N)C(=O)Nc2ccc([N+](=O)[O-])cc2)nc1. The van der Waals surface area contributed by atoms with Crippen LogP contribution in [0.4, 0.5) is 17.2 Å². The third-order valence-electron chi connectivity index (χ3n) is 2.98. The maximum absolute atomic E-state index is 12.0. The molecule has 0 saturated carbocycles. The van der Waals surface area contributed by atoms with Crippen molar-refractivity contribution in [3.8, 4) is 6.07 Å². The number of hydrogen-bond acceptors (Lipinski definition) is 6. The summed E-state index contributed by atoms with van der Waals surface area (Å²) in [5.74, 6) is -0.137. The summed E-state index contributed by atoms with van der Waals surface area (Å²) in [6, 6.07) is 10.6. The lowest BCUT2D eigenvalue weighted by molar-refractivity contribution is -0.384. The van der Waals surface area contributed by atoms with E-state index >= 15 is 0 Å². The van der Waals surface area contributed by atoms with Crippen LogP contribution < -0.4 is 10.6 Å². The number of pyridine rings is 1. The molecule has 2 N–H and O–H groups in total. The van der Waals surface area contributed by atoms with Crippen molar-refractivity contribution in [3.05, 3.63) is 70.0 Å². The Balaban J connectivity index is 2.05. The zero-order chi connectivity index (χ0) is 17.5. The van der Waals surface area contributed by atoms with Gasteiger partial charge in [-0.05, 0) is 30.7 Å². The molecule has 0 aliphatic carbocycles. The molecule has 0 unspecified atom stereocenters. The highest BCUT2D eigenvalue weighted by atomic mass is 16.6. The number of amides is 1. The van der Waals surface area contributed by atoms with E-state index in [1.54, 1.807) is 18.3 Å². The van der Waals surface area contributed by atoms with Crippen LogP contribution in [0.3, 0.4) is 0 Å². The number of hydrogen-bond donors (Lipinski definition) is 2. The van der Waals surface area contributed by atoms with Gasteiger partial charge in [0.05, 0.1) is 4.92 Å². The van der Waals surface area contributed by atoms with Gasteiger partial charge >= 0.3 is 0 Å². The number of rotatable bonds is 5. The van der Waals surface area contributed by atoms with Crippen molar-refractivity contribution in [2.45, 2.75) is 6.92 Å². The average molecular weight is 323 g/mol. The van der Waals surface area contributed by atoms with Crippen molar-refractivity contribution in [1.29, 1.82) is 5.26 Å². The molecule has 2 aromatic rings. The molecular weight excluding hydrogens is 310 g/mol. The van der Waals surface area contributed by atoms with Crippen molar-refractivity contribution in [2.75, 3.05) is 10.6 Å². The van der Waals surface area contributed by atoms with E-state index in [0.717, 1.165) is 5.56 Å². The van der Waals surface area contributed by atoms with E-state index in [9.17, 15) is 14.9 Å². The Morgan fingerprint density at radius 2 is 2.00 bits per heavy atom. The fourth-order valence-corrected chi connectivity index (χ4v) is 1.71. The number of nitriles is 1. The molecule has 120 valence electrons. The first-order chi connectivity index (χ1) is 11.5. The number of carbonyl (C=O) groups is 1. The van der Waals surface area contributed by atoms with E-state index in [0.29, 0.717) is 11.5 Å². The number of anilines is 2. The largest absolute Gasteiger partial charge is 0.345 e. The number of non-ortho nitro benzene ring substituents is 1. The fraction of sp³-hybridized carbons (Fsp3) is 0.0625. The highest BCUT2D eigenvalue weighted by Gasteiger charge is 2.10. The number of benzene rings is 1. The maximum Gasteiger partial charge on any atom is 0.269 e. The molecule has 1 heterocycles. The Morgan fingerprint density at radius 3 is 2.54 bits per heavy atom. The van der Waals surface area contributed by atoms with E-state index < -0.39 is 10.8 Å². The zero-order valence-corrected chi connectivity index (χ0v) is 12.7. The van der Waals surface area contributed by atoms with Gasteiger partial charge in [-0.25, -0.2) is 4.98 Å². The van der Waals surface area contributed by atoms with Gasteiger partial charge < -0.3 is 10.6 Å². The van der Waals surface area contributed by atoms with Gasteiger partial charge in [-0.3, -0.25) is 14.9 Å². The van der Waals surface area contributed by atoms with E-state index in [1.807, 2.05) is 13.0 Å². The lowest BCUT2D eigenvalue weighted by atomic mass is 10.2. The van der Waals surface area contributed by atoms with E-state index in [1.165, 1.54) is 30.5 Å². The molecule has 8 heteroatoms. The van der Waals surface area contributed by atoms with Crippen molar-refractivity contribution >= 4 is 23.1 Å². The number of nitro groups is 1. The van der Waals surface area contributed by atoms with Crippen LogP contribution in [0.1, 0.15) is 5.56 Å². The molecule has 0 spiro atoms. The third-order valence-corrected chi connectivity index (χ3v) is 2.98. The van der Waals surface area contributed by atoms with Gasteiger partial charge in [-0.2, -0.15) is 5.26 Å². The molecule has 0 bridgehead atoms. The third kappa shape index (κ3) is 4.38. The van der Waals surface area contributed by atoms with Gasteiger partial charge in [0.2, 0.25) is 0 Å². The molecule has 0 aliphatic heterocycles. The number of nitro benzene ring substituents is 1. The summed E-state index contributed by atoms with van der Waals surface area (Å²) in [6.07, 6.45) is 2.90. The molecule has 1 aromatic carbocycles. The zero-order valence-electron chi connectivity index (χ0n) is 12.7. The highest BCUT2D eigenvalue weighted by molar-refractivity contribution is 6.06. The molecule has 0 radical (unpaired) electrons. The Labute approximate surface area is 137 Å². The smallest absolute Gasteiger partial charge is 0.269 e. The van der Waals surface area contributed by atoms with Crippen molar-refractivity contribution in [1.82, 2.24) is 4.98 Å². The first-order valence-electron chi connectivity index (χ1n) is 6.85. The number of nitrogens with one attached hydrogen (secondary N) is 2. The van der Waals surface area contributed by atoms with Gasteiger partial charge in [0.15, 0.2) is 0 Å². The monoisotopic (exact) mass is 323 g/mol. The number of carbonyl (C=O) groups excluding carboxylic acids is 1. The fourth-order valence-electron chi connectivity index (χ4n) is 1.71. The van der Waals surface area contributed by atoms with Gasteiger partial charge in [0.25, 0.3) is 11.6 Å². The quantitative estimate of drug-likeness (QED) is 0.378. The van der Waals surface area contributed by atoms with Crippen molar-refractivity contribution in [3.63, 3.8) is 0 Å². The van der Waals surface area contributed by atoms with E-state index in [4.69, 9.17) is 5.26 Å². The molecule has 24 heavy (non-hydrogen) atoms. The number of nitrogens with zero attached hydrogens (tertiary/aromatic N) is 3. The Bertz CT molecular complexity index is 820. The van der Waals surface area contributed by atoms with Crippen LogP contribution in [-0.2, 0) is 4.79 Å². The summed E-state index contributed by atoms with van der Waals surface area (Å²) >= 11 is 0.